The molecule has 0 atom stereocenters. The Balaban J connectivity index is 0.936. The van der Waals surface area contributed by atoms with Gasteiger partial charge >= 0.3 is 0 Å². The smallest absolute Gasteiger partial charge is 0.236 e. The van der Waals surface area contributed by atoms with Gasteiger partial charge in [-0.2, -0.15) is 0 Å². The average molecular weight is 809 g/mol. The molecule has 13 aromatic rings. The van der Waals surface area contributed by atoms with Gasteiger partial charge in [0.15, 0.2) is 5.58 Å². The Bertz CT molecular complexity index is 4010. The summed E-state index contributed by atoms with van der Waals surface area (Å²) in [6.45, 7) is 0. The molecule has 62 heavy (non-hydrogen) atoms. The van der Waals surface area contributed by atoms with Crippen LogP contribution in [-0.2, 0) is 0 Å². The molecule has 0 amide bonds. The zero-order valence-electron chi connectivity index (χ0n) is 33.1. The van der Waals surface area contributed by atoms with E-state index in [9.17, 15) is 0 Å². The zero-order chi connectivity index (χ0) is 40.5. The van der Waals surface area contributed by atoms with Crippen molar-refractivity contribution < 1.29 is 4.42 Å². The second kappa shape index (κ2) is 12.8. The van der Waals surface area contributed by atoms with Crippen LogP contribution in [0.3, 0.4) is 0 Å². The molecule has 6 heteroatoms. The summed E-state index contributed by atoms with van der Waals surface area (Å²) < 4.78 is 11.1. The van der Waals surface area contributed by atoms with Gasteiger partial charge in [0.1, 0.15) is 16.8 Å². The maximum atomic E-state index is 6.44. The molecule has 0 saturated heterocycles. The number of benzene rings is 9. The van der Waals surface area contributed by atoms with E-state index in [1.54, 1.807) is 0 Å². The minimum atomic E-state index is 0.611. The molecule has 5 heterocycles. The van der Waals surface area contributed by atoms with Crippen molar-refractivity contribution in [2.45, 2.75) is 9.79 Å². The van der Waals surface area contributed by atoms with Crippen LogP contribution in [0.4, 0.5) is 0 Å². The highest BCUT2D eigenvalue weighted by Gasteiger charge is 2.25. The molecular formula is C56H32N4OS. The van der Waals surface area contributed by atoms with Crippen molar-refractivity contribution in [3.63, 3.8) is 0 Å². The Morgan fingerprint density at radius 2 is 1.08 bits per heavy atom. The molecular weight excluding hydrogens is 777 g/mol. The van der Waals surface area contributed by atoms with E-state index in [0.717, 1.165) is 55.1 Å². The second-order valence-electron chi connectivity index (χ2n) is 16.1. The normalized spacial score (nSPS) is 12.5. The highest BCUT2D eigenvalue weighted by Crippen LogP contribution is 2.52. The summed E-state index contributed by atoms with van der Waals surface area (Å²) in [6.07, 6.45) is 0. The lowest BCUT2D eigenvalue weighted by Crippen LogP contribution is -2.02. The van der Waals surface area contributed by atoms with Crippen LogP contribution in [0.5, 0.6) is 0 Å². The molecule has 1 aliphatic rings. The summed E-state index contributed by atoms with van der Waals surface area (Å²) in [5, 5.41) is 8.47. The fraction of sp³-hybridized carbons (Fsp3) is 0. The minimum Gasteiger partial charge on any atom is -0.452 e. The molecule has 0 spiro atoms. The topological polar surface area (TPSA) is 48.8 Å². The van der Waals surface area contributed by atoms with E-state index in [4.69, 9.17) is 14.4 Å². The summed E-state index contributed by atoms with van der Waals surface area (Å²) in [5.41, 5.74) is 14.7. The van der Waals surface area contributed by atoms with E-state index >= 15 is 0 Å². The Hall–Kier alpha value is -7.93. The Morgan fingerprint density at radius 1 is 0.403 bits per heavy atom. The zero-order valence-corrected chi connectivity index (χ0v) is 33.9. The predicted octanol–water partition coefficient (Wildman–Crippen LogP) is 15.2. The van der Waals surface area contributed by atoms with Gasteiger partial charge in [0.25, 0.3) is 0 Å². The van der Waals surface area contributed by atoms with Gasteiger partial charge in [-0.15, -0.1) is 0 Å². The van der Waals surface area contributed by atoms with Gasteiger partial charge in [0, 0.05) is 53.4 Å². The molecule has 14 rings (SSSR count). The molecule has 0 fully saturated rings. The van der Waals surface area contributed by atoms with Crippen molar-refractivity contribution >= 4 is 88.2 Å². The van der Waals surface area contributed by atoms with Crippen LogP contribution in [-0.4, -0.2) is 19.1 Å². The molecule has 5 nitrogen and oxygen atoms in total. The number of aromatic nitrogens is 4. The van der Waals surface area contributed by atoms with Gasteiger partial charge in [-0.05, 0) is 88.3 Å². The van der Waals surface area contributed by atoms with E-state index < -0.39 is 0 Å². The first-order chi connectivity index (χ1) is 30.7. The lowest BCUT2D eigenvalue weighted by atomic mass is 9.93. The molecule has 0 saturated carbocycles. The van der Waals surface area contributed by atoms with Crippen molar-refractivity contribution in [1.82, 2.24) is 19.1 Å². The molecule has 0 aliphatic carbocycles. The van der Waals surface area contributed by atoms with Gasteiger partial charge in [-0.1, -0.05) is 145 Å². The molecule has 288 valence electrons. The van der Waals surface area contributed by atoms with E-state index in [1.165, 1.54) is 64.7 Å². The number of rotatable bonds is 4. The van der Waals surface area contributed by atoms with Crippen LogP contribution in [0.2, 0.25) is 0 Å². The molecule has 9 aromatic carbocycles. The number of furan rings is 1. The van der Waals surface area contributed by atoms with Gasteiger partial charge in [0.05, 0.1) is 22.1 Å². The summed E-state index contributed by atoms with van der Waals surface area (Å²) >= 11 is 1.88. The van der Waals surface area contributed by atoms with Crippen LogP contribution < -0.4 is 0 Å². The van der Waals surface area contributed by atoms with Gasteiger partial charge < -0.3 is 8.98 Å². The highest BCUT2D eigenvalue weighted by atomic mass is 32.2. The summed E-state index contributed by atoms with van der Waals surface area (Å²) in [7, 11) is 0. The van der Waals surface area contributed by atoms with Crippen molar-refractivity contribution in [3.8, 4) is 45.1 Å². The molecule has 0 radical (unpaired) electrons. The third-order valence-electron chi connectivity index (χ3n) is 12.7. The first-order valence-corrected chi connectivity index (χ1v) is 21.7. The predicted molar refractivity (Wildman–Crippen MR) is 256 cm³/mol. The third kappa shape index (κ3) is 4.75. The van der Waals surface area contributed by atoms with E-state index in [0.29, 0.717) is 11.5 Å². The van der Waals surface area contributed by atoms with Crippen LogP contribution in [0.25, 0.3) is 122 Å². The largest absolute Gasteiger partial charge is 0.452 e. The Kier molecular flexibility index (Phi) is 6.98. The van der Waals surface area contributed by atoms with E-state index in [-0.39, 0.29) is 0 Å². The monoisotopic (exact) mass is 808 g/mol. The van der Waals surface area contributed by atoms with Gasteiger partial charge in [-0.3, -0.25) is 4.57 Å². The van der Waals surface area contributed by atoms with Crippen LogP contribution >= 0.6 is 11.8 Å². The first-order valence-electron chi connectivity index (χ1n) is 20.9. The van der Waals surface area contributed by atoms with Crippen molar-refractivity contribution in [3.05, 3.63) is 194 Å². The quantitative estimate of drug-likeness (QED) is 0.178. The molecule has 0 N–H and O–H groups in total. The molecule has 1 aliphatic heterocycles. The van der Waals surface area contributed by atoms with Crippen molar-refractivity contribution in [2.24, 2.45) is 0 Å². The van der Waals surface area contributed by atoms with Crippen LogP contribution in [0.1, 0.15) is 0 Å². The Labute approximate surface area is 359 Å². The van der Waals surface area contributed by atoms with Crippen LogP contribution in [0.15, 0.2) is 208 Å². The molecule has 0 bridgehead atoms. The summed E-state index contributed by atoms with van der Waals surface area (Å²) in [6, 6.07) is 69.6. The van der Waals surface area contributed by atoms with E-state index in [2.05, 4.69) is 167 Å². The fourth-order valence-corrected chi connectivity index (χ4v) is 11.2. The maximum Gasteiger partial charge on any atom is 0.236 e. The average Bonchev–Trinajstić information content (AvgIpc) is 3.99. The number of nitrogens with zero attached hydrogens (tertiary/aromatic N) is 4. The Morgan fingerprint density at radius 3 is 1.94 bits per heavy atom. The first kappa shape index (κ1) is 33.9. The fourth-order valence-electron chi connectivity index (χ4n) is 10.0. The third-order valence-corrected chi connectivity index (χ3v) is 13.8. The number of hydrogen-bond donors (Lipinski definition) is 0. The second-order valence-corrected chi connectivity index (χ2v) is 17.2. The molecule has 4 aromatic heterocycles. The highest BCUT2D eigenvalue weighted by molar-refractivity contribution is 7.99. The SMILES string of the molecule is c1ccc(-c2nc(-n3c4ccccc4c4cc(-c5ccc6c(c5)Sc5cc7c(c8cccc-6c58)c5ccccc5n7-c5ccccc5)ccc43)nc3c2oc2ccccc23)cc1. The van der Waals surface area contributed by atoms with Gasteiger partial charge in [-0.25, -0.2) is 9.97 Å². The number of para-hydroxylation sites is 4. The van der Waals surface area contributed by atoms with E-state index in [1.807, 2.05) is 48.2 Å². The minimum absolute atomic E-state index is 0.611. The van der Waals surface area contributed by atoms with Gasteiger partial charge in [0.2, 0.25) is 5.95 Å². The van der Waals surface area contributed by atoms with Crippen LogP contribution in [0, 0.1) is 0 Å². The molecule has 0 unspecified atom stereocenters. The summed E-state index contributed by atoms with van der Waals surface area (Å²) in [4.78, 5) is 13.1. The van der Waals surface area contributed by atoms with Crippen molar-refractivity contribution in [2.75, 3.05) is 0 Å². The van der Waals surface area contributed by atoms with Crippen molar-refractivity contribution in [1.29, 1.82) is 0 Å². The standard InChI is InChI=1S/C56H32N4OS/c1-3-14-33(15-4-1)53-55-54(41-20-9-12-25-48(41)61-55)58-56(57-53)60-44-23-10-7-18-37(44)43-30-34(27-29-46(43)60)35-26-28-38-39-21-13-22-42-51-40-19-8-11-24-45(40)59(36-16-5-2-6-17-36)47(51)32-50(52(39)42)62-49(38)31-35/h1-32H. The lowest BCUT2D eigenvalue weighted by molar-refractivity contribution is 0.666. The maximum absolute atomic E-state index is 6.44. The summed E-state index contributed by atoms with van der Waals surface area (Å²) in [5.74, 6) is 0.611. The lowest BCUT2D eigenvalue weighted by Gasteiger charge is -2.22. The number of hydrogen-bond acceptors (Lipinski definition) is 4. The number of fused-ring (bicyclic) bond motifs is 12.